The molecule has 2 N–H and O–H groups in total. The topological polar surface area (TPSA) is 116 Å². The number of rotatable bonds is 8. The maximum absolute atomic E-state index is 13.0. The van der Waals surface area contributed by atoms with Crippen molar-refractivity contribution >= 4 is 39.1 Å². The summed E-state index contributed by atoms with van der Waals surface area (Å²) in [7, 11) is -1.30. The van der Waals surface area contributed by atoms with Crippen LogP contribution in [-0.2, 0) is 24.4 Å². The van der Waals surface area contributed by atoms with Crippen molar-refractivity contribution < 1.29 is 22.8 Å². The van der Waals surface area contributed by atoms with Gasteiger partial charge in [0, 0.05) is 38.0 Å². The van der Waals surface area contributed by atoms with E-state index >= 15 is 0 Å². The van der Waals surface area contributed by atoms with Gasteiger partial charge in [0.2, 0.25) is 27.7 Å². The molecule has 0 saturated carbocycles. The van der Waals surface area contributed by atoms with Gasteiger partial charge in [-0.15, -0.1) is 6.42 Å². The Labute approximate surface area is 187 Å². The average Bonchev–Trinajstić information content (AvgIpc) is 2.77. The van der Waals surface area contributed by atoms with Crippen LogP contribution in [0.25, 0.3) is 0 Å². The zero-order chi connectivity index (χ0) is 23.9. The van der Waals surface area contributed by atoms with Gasteiger partial charge in [-0.05, 0) is 42.5 Å². The summed E-state index contributed by atoms with van der Waals surface area (Å²) in [5, 5.41) is 4.99. The smallest absolute Gasteiger partial charge is 0.243 e. The Balaban J connectivity index is 2.26. The van der Waals surface area contributed by atoms with Gasteiger partial charge in [0.1, 0.15) is 6.54 Å². The lowest BCUT2D eigenvalue weighted by molar-refractivity contribution is -0.123. The van der Waals surface area contributed by atoms with E-state index < -0.39 is 28.4 Å². The number of anilines is 2. The predicted molar refractivity (Wildman–Crippen MR) is 121 cm³/mol. The first-order valence-corrected chi connectivity index (χ1v) is 10.9. The lowest BCUT2D eigenvalue weighted by Crippen LogP contribution is -2.45. The standard InChI is InChI=1S/C22H24N4O5S/c1-5-17-7-6-8-19(13-17)26(14-21(28)23-3)22(29)15-25(4)32(30,31)20-11-9-18(10-12-20)24-16(2)27/h1,6-13H,14-15H2,2-4H3,(H,23,28)(H,24,27). The van der Waals surface area contributed by atoms with Crippen LogP contribution in [0, 0.1) is 12.3 Å². The van der Waals surface area contributed by atoms with E-state index in [9.17, 15) is 22.8 Å². The van der Waals surface area contributed by atoms with Crippen LogP contribution in [0.5, 0.6) is 0 Å². The number of benzene rings is 2. The van der Waals surface area contributed by atoms with Gasteiger partial charge >= 0.3 is 0 Å². The van der Waals surface area contributed by atoms with Crippen molar-refractivity contribution in [2.24, 2.45) is 0 Å². The highest BCUT2D eigenvalue weighted by Gasteiger charge is 2.27. The summed E-state index contributed by atoms with van der Waals surface area (Å²) in [6.45, 7) is 0.531. The van der Waals surface area contributed by atoms with Crippen molar-refractivity contribution in [2.75, 3.05) is 37.4 Å². The number of amides is 3. The first kappa shape index (κ1) is 24.6. The number of sulfonamides is 1. The Hall–Kier alpha value is -3.68. The number of likely N-dealkylation sites (N-methyl/N-ethyl adjacent to an activating group) is 2. The number of carbonyl (C=O) groups is 3. The molecule has 0 spiro atoms. The van der Waals surface area contributed by atoms with Gasteiger partial charge in [-0.25, -0.2) is 8.42 Å². The number of nitrogens with zero attached hydrogens (tertiary/aromatic N) is 2. The molecule has 0 radical (unpaired) electrons. The highest BCUT2D eigenvalue weighted by atomic mass is 32.2. The first-order valence-electron chi connectivity index (χ1n) is 9.50. The monoisotopic (exact) mass is 456 g/mol. The first-order chi connectivity index (χ1) is 15.1. The molecule has 10 heteroatoms. The molecule has 2 rings (SSSR count). The van der Waals surface area contributed by atoms with Crippen molar-refractivity contribution in [3.63, 3.8) is 0 Å². The highest BCUT2D eigenvalue weighted by Crippen LogP contribution is 2.20. The fourth-order valence-electron chi connectivity index (χ4n) is 2.76. The lowest BCUT2D eigenvalue weighted by atomic mass is 10.2. The van der Waals surface area contributed by atoms with Crippen LogP contribution in [0.3, 0.4) is 0 Å². The van der Waals surface area contributed by atoms with Gasteiger partial charge in [-0.3, -0.25) is 14.4 Å². The molecule has 9 nitrogen and oxygen atoms in total. The Morgan fingerprint density at radius 2 is 1.72 bits per heavy atom. The summed E-state index contributed by atoms with van der Waals surface area (Å²) in [4.78, 5) is 37.2. The van der Waals surface area contributed by atoms with Crippen LogP contribution in [-0.4, -0.2) is 57.6 Å². The fraction of sp³-hybridized carbons (Fsp3) is 0.227. The normalized spacial score (nSPS) is 10.8. The summed E-state index contributed by atoms with van der Waals surface area (Å²) in [6, 6.07) is 12.1. The quantitative estimate of drug-likeness (QED) is 0.576. The van der Waals surface area contributed by atoms with Crippen LogP contribution in [0.4, 0.5) is 11.4 Å². The lowest BCUT2D eigenvalue weighted by Gasteiger charge is -2.25. The molecule has 0 aromatic heterocycles. The van der Waals surface area contributed by atoms with Crippen molar-refractivity contribution in [1.82, 2.24) is 9.62 Å². The zero-order valence-corrected chi connectivity index (χ0v) is 18.8. The van der Waals surface area contributed by atoms with Crippen LogP contribution in [0.1, 0.15) is 12.5 Å². The predicted octanol–water partition coefficient (Wildman–Crippen LogP) is 1.03. The Morgan fingerprint density at radius 1 is 1.06 bits per heavy atom. The number of hydrogen-bond donors (Lipinski definition) is 2. The number of hydrogen-bond acceptors (Lipinski definition) is 5. The summed E-state index contributed by atoms with van der Waals surface area (Å²) in [5.41, 5.74) is 1.33. The molecular weight excluding hydrogens is 432 g/mol. The summed E-state index contributed by atoms with van der Waals surface area (Å²) in [6.07, 6.45) is 5.42. The molecule has 0 aliphatic rings. The summed E-state index contributed by atoms with van der Waals surface area (Å²) >= 11 is 0. The maximum atomic E-state index is 13.0. The largest absolute Gasteiger partial charge is 0.358 e. The fourth-order valence-corrected chi connectivity index (χ4v) is 3.88. The SMILES string of the molecule is C#Cc1cccc(N(CC(=O)NC)C(=O)CN(C)S(=O)(=O)c2ccc(NC(C)=O)cc2)c1. The van der Waals surface area contributed by atoms with E-state index in [0.29, 0.717) is 16.9 Å². The third-order valence-electron chi connectivity index (χ3n) is 4.45. The molecule has 0 fully saturated rings. The van der Waals surface area contributed by atoms with Crippen LogP contribution in [0.2, 0.25) is 0 Å². The van der Waals surface area contributed by atoms with Crippen molar-refractivity contribution in [1.29, 1.82) is 0 Å². The van der Waals surface area contributed by atoms with Crippen molar-refractivity contribution in [3.8, 4) is 12.3 Å². The van der Waals surface area contributed by atoms with E-state index in [4.69, 9.17) is 6.42 Å². The second-order valence-electron chi connectivity index (χ2n) is 6.81. The van der Waals surface area contributed by atoms with Gasteiger partial charge in [0.05, 0.1) is 11.4 Å². The van der Waals surface area contributed by atoms with E-state index in [1.807, 2.05) is 0 Å². The second kappa shape index (κ2) is 10.6. The van der Waals surface area contributed by atoms with Crippen molar-refractivity contribution in [3.05, 3.63) is 54.1 Å². The molecule has 3 amide bonds. The summed E-state index contributed by atoms with van der Waals surface area (Å²) in [5.74, 6) is 1.14. The molecular formula is C22H24N4O5S. The van der Waals surface area contributed by atoms with E-state index in [-0.39, 0.29) is 17.3 Å². The summed E-state index contributed by atoms with van der Waals surface area (Å²) < 4.78 is 26.7. The maximum Gasteiger partial charge on any atom is 0.243 e. The van der Waals surface area contributed by atoms with Crippen LogP contribution in [0.15, 0.2) is 53.4 Å². The zero-order valence-electron chi connectivity index (χ0n) is 18.0. The van der Waals surface area contributed by atoms with Crippen LogP contribution >= 0.6 is 0 Å². The molecule has 168 valence electrons. The molecule has 0 aliphatic heterocycles. The minimum absolute atomic E-state index is 0.0471. The minimum atomic E-state index is -4.00. The Kier molecular flexibility index (Phi) is 8.12. The molecule has 0 heterocycles. The average molecular weight is 457 g/mol. The third kappa shape index (κ3) is 6.16. The number of nitrogens with one attached hydrogen (secondary N) is 2. The Morgan fingerprint density at radius 3 is 2.28 bits per heavy atom. The van der Waals surface area contributed by atoms with Crippen molar-refractivity contribution in [2.45, 2.75) is 11.8 Å². The number of carbonyl (C=O) groups excluding carboxylic acids is 3. The molecule has 32 heavy (non-hydrogen) atoms. The van der Waals surface area contributed by atoms with Gasteiger partial charge in [-0.1, -0.05) is 12.0 Å². The second-order valence-corrected chi connectivity index (χ2v) is 8.86. The Bertz CT molecular complexity index is 1150. The third-order valence-corrected chi connectivity index (χ3v) is 6.26. The van der Waals surface area contributed by atoms with Crippen LogP contribution < -0.4 is 15.5 Å². The van der Waals surface area contributed by atoms with Gasteiger partial charge in [0.25, 0.3) is 0 Å². The molecule has 0 aliphatic carbocycles. The van der Waals surface area contributed by atoms with Gasteiger partial charge < -0.3 is 15.5 Å². The molecule has 2 aromatic carbocycles. The minimum Gasteiger partial charge on any atom is -0.358 e. The van der Waals surface area contributed by atoms with Gasteiger partial charge in [0.15, 0.2) is 0 Å². The molecule has 0 bridgehead atoms. The molecule has 0 atom stereocenters. The van der Waals surface area contributed by atoms with E-state index in [1.165, 1.54) is 50.2 Å². The number of terminal acetylenes is 1. The van der Waals surface area contributed by atoms with E-state index in [2.05, 4.69) is 16.6 Å². The molecule has 0 unspecified atom stereocenters. The molecule has 2 aromatic rings. The van der Waals surface area contributed by atoms with E-state index in [1.54, 1.807) is 24.3 Å². The highest BCUT2D eigenvalue weighted by molar-refractivity contribution is 7.89. The van der Waals surface area contributed by atoms with E-state index in [0.717, 1.165) is 4.31 Å². The molecule has 0 saturated heterocycles. The van der Waals surface area contributed by atoms with Gasteiger partial charge in [-0.2, -0.15) is 4.31 Å².